The molecule has 0 aromatic carbocycles. The topological polar surface area (TPSA) is 124 Å². The number of phosphoric ester groups is 1. The molecule has 11 heteroatoms. The van der Waals surface area contributed by atoms with Gasteiger partial charge in [-0.05, 0) is 51.4 Å². The maximum atomic E-state index is 12.7. The summed E-state index contributed by atoms with van der Waals surface area (Å²) in [6.45, 7) is 4.10. The van der Waals surface area contributed by atoms with Gasteiger partial charge in [-0.2, -0.15) is 0 Å². The Hall–Kier alpha value is -1.81. The molecule has 10 nitrogen and oxygen atoms in total. The van der Waals surface area contributed by atoms with Crippen molar-refractivity contribution in [2.75, 3.05) is 47.5 Å². The van der Waals surface area contributed by atoms with Crippen LogP contribution < -0.4 is 4.89 Å². The van der Waals surface area contributed by atoms with Crippen molar-refractivity contribution in [2.45, 2.75) is 180 Å². The van der Waals surface area contributed by atoms with Gasteiger partial charge in [-0.3, -0.25) is 14.2 Å². The second-order valence-electron chi connectivity index (χ2n) is 15.7. The first-order valence-electron chi connectivity index (χ1n) is 21.3. The summed E-state index contributed by atoms with van der Waals surface area (Å²) in [6, 6.07) is 0. The molecule has 0 saturated carbocycles. The lowest BCUT2D eigenvalue weighted by atomic mass is 10.0. The fraction of sp³-hybridized carbons (Fsp3) is 0.814. The number of hydrogen-bond donors (Lipinski definition) is 0. The summed E-state index contributed by atoms with van der Waals surface area (Å²) in [7, 11) is 1.12. The summed E-state index contributed by atoms with van der Waals surface area (Å²) in [4.78, 5) is 37.6. The molecule has 0 bridgehead atoms. The zero-order valence-electron chi connectivity index (χ0n) is 34.9. The van der Waals surface area contributed by atoms with E-state index in [1.807, 2.05) is 21.1 Å². The molecule has 1 fully saturated rings. The van der Waals surface area contributed by atoms with Gasteiger partial charge in [0.2, 0.25) is 0 Å². The molecule has 0 aromatic heterocycles. The van der Waals surface area contributed by atoms with E-state index in [2.05, 4.69) is 50.3 Å². The summed E-state index contributed by atoms with van der Waals surface area (Å²) < 4.78 is 39.6. The molecule has 0 spiro atoms. The van der Waals surface area contributed by atoms with Gasteiger partial charge in [0.25, 0.3) is 7.82 Å². The van der Waals surface area contributed by atoms with E-state index in [-0.39, 0.29) is 38.3 Å². The van der Waals surface area contributed by atoms with Gasteiger partial charge in [0, 0.05) is 12.8 Å². The predicted octanol–water partition coefficient (Wildman–Crippen LogP) is 10.1. The summed E-state index contributed by atoms with van der Waals surface area (Å²) in [5, 5.41) is 0. The molecule has 1 aliphatic heterocycles. The van der Waals surface area contributed by atoms with E-state index in [0.717, 1.165) is 44.9 Å². The SMILES string of the molecule is CCCCC/C=C\C/C=C\C/C=C\CC1OC1CCCC(=O)OC[C@H](COP(=O)([O-])OCC[N+](C)(C)C)OC(=O)CCCCCCCCCCCCCC. The van der Waals surface area contributed by atoms with Crippen LogP contribution in [-0.2, 0) is 37.4 Å². The Kier molecular flexibility index (Phi) is 30.0. The molecule has 1 saturated heterocycles. The summed E-state index contributed by atoms with van der Waals surface area (Å²) >= 11 is 0. The Balaban J connectivity index is 2.35. The smallest absolute Gasteiger partial charge is 0.306 e. The van der Waals surface area contributed by atoms with Crippen molar-refractivity contribution in [1.29, 1.82) is 0 Å². The minimum absolute atomic E-state index is 0.0424. The molecular formula is C43H78NO9P. The molecular weight excluding hydrogens is 705 g/mol. The highest BCUT2D eigenvalue weighted by atomic mass is 31.2. The van der Waals surface area contributed by atoms with Gasteiger partial charge < -0.3 is 32.6 Å². The average molecular weight is 784 g/mol. The van der Waals surface area contributed by atoms with Crippen LogP contribution >= 0.6 is 7.82 Å². The first kappa shape index (κ1) is 50.2. The molecule has 0 aromatic rings. The Morgan fingerprint density at radius 2 is 1.24 bits per heavy atom. The van der Waals surface area contributed by atoms with Crippen LogP contribution in [0.25, 0.3) is 0 Å². The highest BCUT2D eigenvalue weighted by Gasteiger charge is 2.36. The molecule has 54 heavy (non-hydrogen) atoms. The van der Waals surface area contributed by atoms with Crippen LogP contribution in [0, 0.1) is 0 Å². The number of ether oxygens (including phenoxy) is 3. The lowest BCUT2D eigenvalue weighted by molar-refractivity contribution is -0.870. The lowest BCUT2D eigenvalue weighted by Gasteiger charge is -2.28. The number of likely N-dealkylation sites (N-methyl/N-ethyl adjacent to an activating group) is 1. The van der Waals surface area contributed by atoms with Gasteiger partial charge in [0.1, 0.15) is 19.8 Å². The highest BCUT2D eigenvalue weighted by Crippen LogP contribution is 2.38. The van der Waals surface area contributed by atoms with Gasteiger partial charge in [0.05, 0.1) is 40.0 Å². The van der Waals surface area contributed by atoms with E-state index in [1.54, 1.807) is 0 Å². The largest absolute Gasteiger partial charge is 0.756 e. The van der Waals surface area contributed by atoms with E-state index in [9.17, 15) is 19.0 Å². The molecule has 0 aliphatic carbocycles. The van der Waals surface area contributed by atoms with Crippen LogP contribution in [0.3, 0.4) is 0 Å². The average Bonchev–Trinajstić information content (AvgIpc) is 3.87. The third-order valence-electron chi connectivity index (χ3n) is 9.34. The number of phosphoric acid groups is 1. The van der Waals surface area contributed by atoms with Crippen molar-refractivity contribution in [2.24, 2.45) is 0 Å². The number of carbonyl (C=O) groups excluding carboxylic acids is 2. The van der Waals surface area contributed by atoms with Crippen LogP contribution in [0.4, 0.5) is 0 Å². The van der Waals surface area contributed by atoms with Gasteiger partial charge in [-0.25, -0.2) is 0 Å². The van der Waals surface area contributed by atoms with E-state index in [4.69, 9.17) is 23.3 Å². The molecule has 0 amide bonds. The van der Waals surface area contributed by atoms with Gasteiger partial charge in [-0.1, -0.05) is 134 Å². The molecule has 314 valence electrons. The zero-order chi connectivity index (χ0) is 39.8. The number of unbranched alkanes of at least 4 members (excludes halogenated alkanes) is 14. The maximum absolute atomic E-state index is 12.7. The number of epoxide rings is 1. The number of rotatable bonds is 37. The van der Waals surface area contributed by atoms with Crippen LogP contribution in [-0.4, -0.2) is 82.2 Å². The quantitative estimate of drug-likeness (QED) is 0.0151. The van der Waals surface area contributed by atoms with E-state index in [1.165, 1.54) is 77.0 Å². The van der Waals surface area contributed by atoms with E-state index < -0.39 is 32.5 Å². The molecule has 0 radical (unpaired) electrons. The number of hydrogen-bond acceptors (Lipinski definition) is 9. The number of esters is 2. The first-order chi connectivity index (χ1) is 26.0. The molecule has 3 unspecified atom stereocenters. The maximum Gasteiger partial charge on any atom is 0.306 e. The zero-order valence-corrected chi connectivity index (χ0v) is 35.8. The van der Waals surface area contributed by atoms with Crippen LogP contribution in [0.2, 0.25) is 0 Å². The van der Waals surface area contributed by atoms with Gasteiger partial charge in [-0.15, -0.1) is 0 Å². The van der Waals surface area contributed by atoms with Crippen molar-refractivity contribution in [1.82, 2.24) is 0 Å². The highest BCUT2D eigenvalue weighted by molar-refractivity contribution is 7.45. The van der Waals surface area contributed by atoms with E-state index >= 15 is 0 Å². The molecule has 1 rings (SSSR count). The normalized spacial score (nSPS) is 17.7. The number of carbonyl (C=O) groups is 2. The Bertz CT molecular complexity index is 1090. The molecule has 1 aliphatic rings. The Morgan fingerprint density at radius 1 is 0.685 bits per heavy atom. The van der Waals surface area contributed by atoms with Crippen molar-refractivity contribution < 1.29 is 46.8 Å². The van der Waals surface area contributed by atoms with Gasteiger partial charge in [0.15, 0.2) is 6.10 Å². The van der Waals surface area contributed by atoms with Crippen molar-refractivity contribution in [3.63, 3.8) is 0 Å². The number of quaternary nitrogens is 1. The monoisotopic (exact) mass is 784 g/mol. The molecule has 0 N–H and O–H groups in total. The number of nitrogens with zero attached hydrogens (tertiary/aromatic N) is 1. The standard InChI is InChI=1S/C43H78NO9P/c1-6-8-10-12-14-16-18-20-22-24-26-28-31-40-41(53-40)32-30-34-42(45)49-37-39(38-51-54(47,48)50-36-35-44(3,4)5)52-43(46)33-29-27-25-23-21-19-17-15-13-11-9-7-2/h14,16,20,22,26,28,39-41H,6-13,15,17-19,21,23-25,27,29-38H2,1-5H3/b16-14-,22-20-,28-26-/t39-,40?,41?/m1/s1. The third kappa shape index (κ3) is 32.4. The van der Waals surface area contributed by atoms with Gasteiger partial charge >= 0.3 is 11.9 Å². The van der Waals surface area contributed by atoms with Crippen LogP contribution in [0.1, 0.15) is 162 Å². The molecule has 4 atom stereocenters. The lowest BCUT2D eigenvalue weighted by Crippen LogP contribution is -2.37. The first-order valence-corrected chi connectivity index (χ1v) is 22.8. The minimum atomic E-state index is -4.64. The van der Waals surface area contributed by atoms with Crippen molar-refractivity contribution in [3.8, 4) is 0 Å². The van der Waals surface area contributed by atoms with Crippen LogP contribution in [0.5, 0.6) is 0 Å². The van der Waals surface area contributed by atoms with Crippen molar-refractivity contribution in [3.05, 3.63) is 36.5 Å². The second kappa shape index (κ2) is 32.3. The molecule has 1 heterocycles. The third-order valence-corrected chi connectivity index (χ3v) is 10.3. The Labute approximate surface area is 329 Å². The summed E-state index contributed by atoms with van der Waals surface area (Å²) in [5.74, 6) is -0.910. The second-order valence-corrected chi connectivity index (χ2v) is 17.2. The fourth-order valence-electron chi connectivity index (χ4n) is 5.86. The summed E-state index contributed by atoms with van der Waals surface area (Å²) in [6.07, 6.45) is 36.2. The number of allylic oxidation sites excluding steroid dienone is 5. The van der Waals surface area contributed by atoms with Crippen LogP contribution in [0.15, 0.2) is 36.5 Å². The minimum Gasteiger partial charge on any atom is -0.756 e. The van der Waals surface area contributed by atoms with Crippen molar-refractivity contribution >= 4 is 19.8 Å². The predicted molar refractivity (Wildman–Crippen MR) is 217 cm³/mol. The fourth-order valence-corrected chi connectivity index (χ4v) is 6.59. The summed E-state index contributed by atoms with van der Waals surface area (Å²) in [5.41, 5.74) is 0. The Morgan fingerprint density at radius 3 is 1.87 bits per heavy atom. The van der Waals surface area contributed by atoms with E-state index in [0.29, 0.717) is 23.9 Å².